The summed E-state index contributed by atoms with van der Waals surface area (Å²) < 4.78 is 0. The van der Waals surface area contributed by atoms with Crippen molar-refractivity contribution in [2.24, 2.45) is 10.2 Å². The molecule has 2 N–H and O–H groups in total. The van der Waals surface area contributed by atoms with E-state index < -0.39 is 10.9 Å². The van der Waals surface area contributed by atoms with Crippen LogP contribution in [0.3, 0.4) is 0 Å². The van der Waals surface area contributed by atoms with Crippen molar-refractivity contribution in [2.75, 3.05) is 0 Å². The Balaban J connectivity index is 2.34. The van der Waals surface area contributed by atoms with Crippen LogP contribution in [0, 0.1) is 10.1 Å². The molecule has 0 saturated carbocycles. The number of rotatable bonds is 5. The molecule has 2 rings (SSSR count). The fourth-order valence-electron chi connectivity index (χ4n) is 1.74. The molecule has 0 aliphatic rings. The normalized spacial score (nSPS) is 10.7. The molecule has 0 bridgehead atoms. The van der Waals surface area contributed by atoms with E-state index in [2.05, 4.69) is 10.2 Å². The molecule has 2 aromatic rings. The third-order valence-electron chi connectivity index (χ3n) is 2.74. The molecule has 0 aliphatic heterocycles. The highest BCUT2D eigenvalue weighted by Gasteiger charge is 2.12. The zero-order valence-electron chi connectivity index (χ0n) is 11.2. The number of nitro benzene ring substituents is 1. The first-order valence-electron chi connectivity index (χ1n) is 6.16. The topological polar surface area (TPSA) is 125 Å². The highest BCUT2D eigenvalue weighted by molar-refractivity contribution is 5.71. The van der Waals surface area contributed by atoms with Crippen LogP contribution in [0.4, 0.5) is 17.1 Å². The fourth-order valence-corrected chi connectivity index (χ4v) is 1.74. The van der Waals surface area contributed by atoms with Gasteiger partial charge in [-0.05, 0) is 23.8 Å². The largest absolute Gasteiger partial charge is 0.506 e. The van der Waals surface area contributed by atoms with Crippen molar-refractivity contribution in [3.8, 4) is 5.75 Å². The van der Waals surface area contributed by atoms with E-state index in [0.717, 1.165) is 0 Å². The van der Waals surface area contributed by atoms with Crippen LogP contribution in [-0.4, -0.2) is 21.1 Å². The first kappa shape index (κ1) is 15.1. The number of azo groups is 1. The zero-order chi connectivity index (χ0) is 16.1. The molecule has 8 nitrogen and oxygen atoms in total. The summed E-state index contributed by atoms with van der Waals surface area (Å²) in [5.41, 5.74) is 0.293. The Kier molecular flexibility index (Phi) is 4.42. The smallest absolute Gasteiger partial charge is 0.307 e. The molecule has 0 saturated heterocycles. The maximum Gasteiger partial charge on any atom is 0.307 e. The van der Waals surface area contributed by atoms with Crippen LogP contribution >= 0.6 is 0 Å². The number of aromatic hydroxyl groups is 1. The highest BCUT2D eigenvalue weighted by atomic mass is 16.6. The van der Waals surface area contributed by atoms with Crippen LogP contribution in [0.5, 0.6) is 5.75 Å². The Hall–Kier alpha value is -3.29. The Morgan fingerprint density at radius 3 is 2.50 bits per heavy atom. The van der Waals surface area contributed by atoms with Crippen molar-refractivity contribution in [3.05, 3.63) is 58.1 Å². The third-order valence-corrected chi connectivity index (χ3v) is 2.74. The van der Waals surface area contributed by atoms with Gasteiger partial charge in [0.1, 0.15) is 11.4 Å². The number of aliphatic carboxylic acids is 1. The molecule has 0 radical (unpaired) electrons. The van der Waals surface area contributed by atoms with E-state index in [1.54, 1.807) is 6.07 Å². The number of carbonyl (C=O) groups is 1. The summed E-state index contributed by atoms with van der Waals surface area (Å²) in [6, 6.07) is 9.89. The molecule has 112 valence electrons. The Morgan fingerprint density at radius 2 is 1.82 bits per heavy atom. The van der Waals surface area contributed by atoms with Gasteiger partial charge in [0.15, 0.2) is 5.69 Å². The monoisotopic (exact) mass is 301 g/mol. The van der Waals surface area contributed by atoms with Crippen LogP contribution in [0.15, 0.2) is 52.7 Å². The predicted octanol–water partition coefficient (Wildman–Crippen LogP) is 3.34. The second-order valence-electron chi connectivity index (χ2n) is 4.34. The first-order valence-corrected chi connectivity index (χ1v) is 6.16. The van der Waals surface area contributed by atoms with Crippen LogP contribution in [0.1, 0.15) is 5.56 Å². The zero-order valence-corrected chi connectivity index (χ0v) is 11.2. The molecule has 2 aromatic carbocycles. The standard InChI is InChI=1S/C14H11N3O5/c18-13-6-5-9(8-14(19)20)7-11(13)16-15-10-3-1-2-4-12(10)17(21)22/h1-7,18H,8H2,(H,19,20). The summed E-state index contributed by atoms with van der Waals surface area (Å²) in [5.74, 6) is -1.22. The molecule has 0 heterocycles. The summed E-state index contributed by atoms with van der Waals surface area (Å²) in [6.45, 7) is 0. The first-order chi connectivity index (χ1) is 10.5. The van der Waals surface area contributed by atoms with E-state index in [9.17, 15) is 20.0 Å². The number of benzene rings is 2. The number of carboxylic acid groups (broad SMARTS) is 1. The second-order valence-corrected chi connectivity index (χ2v) is 4.34. The minimum absolute atomic E-state index is 0.0375. The lowest BCUT2D eigenvalue weighted by Crippen LogP contribution is -1.99. The number of hydrogen-bond acceptors (Lipinski definition) is 6. The lowest BCUT2D eigenvalue weighted by molar-refractivity contribution is -0.384. The average molecular weight is 301 g/mol. The van der Waals surface area contributed by atoms with Crippen molar-refractivity contribution in [3.63, 3.8) is 0 Å². The second kappa shape index (κ2) is 6.44. The van der Waals surface area contributed by atoms with Crippen LogP contribution in [0.2, 0.25) is 0 Å². The molecule has 0 unspecified atom stereocenters. The number of carboxylic acids is 1. The van der Waals surface area contributed by atoms with Gasteiger partial charge in [-0.3, -0.25) is 14.9 Å². The Labute approximate surface area is 124 Å². The lowest BCUT2D eigenvalue weighted by atomic mass is 10.1. The SMILES string of the molecule is O=C(O)Cc1ccc(O)c(N=Nc2ccccc2[N+](=O)[O-])c1. The van der Waals surface area contributed by atoms with Gasteiger partial charge < -0.3 is 10.2 Å². The molecule has 8 heteroatoms. The van der Waals surface area contributed by atoms with Crippen molar-refractivity contribution in [2.45, 2.75) is 6.42 Å². The van der Waals surface area contributed by atoms with E-state index in [0.29, 0.717) is 5.56 Å². The predicted molar refractivity (Wildman–Crippen MR) is 76.7 cm³/mol. The van der Waals surface area contributed by atoms with Gasteiger partial charge in [-0.15, -0.1) is 10.2 Å². The van der Waals surface area contributed by atoms with Crippen molar-refractivity contribution in [1.82, 2.24) is 0 Å². The van der Waals surface area contributed by atoms with E-state index in [-0.39, 0.29) is 29.2 Å². The maximum absolute atomic E-state index is 10.9. The van der Waals surface area contributed by atoms with Gasteiger partial charge in [-0.25, -0.2) is 0 Å². The fraction of sp³-hybridized carbons (Fsp3) is 0.0714. The van der Waals surface area contributed by atoms with Crippen molar-refractivity contribution in [1.29, 1.82) is 0 Å². The molecular formula is C14H11N3O5. The van der Waals surface area contributed by atoms with Gasteiger partial charge in [-0.2, -0.15) is 0 Å². The molecule has 0 spiro atoms. The minimum Gasteiger partial charge on any atom is -0.506 e. The van der Waals surface area contributed by atoms with Crippen LogP contribution < -0.4 is 0 Å². The van der Waals surface area contributed by atoms with Gasteiger partial charge in [0, 0.05) is 6.07 Å². The Bertz CT molecular complexity index is 758. The minimum atomic E-state index is -1.02. The van der Waals surface area contributed by atoms with Crippen LogP contribution in [0.25, 0.3) is 0 Å². The van der Waals surface area contributed by atoms with Gasteiger partial charge in [-0.1, -0.05) is 18.2 Å². The molecule has 0 amide bonds. The molecule has 0 aromatic heterocycles. The van der Waals surface area contributed by atoms with Gasteiger partial charge in [0.25, 0.3) is 5.69 Å². The average Bonchev–Trinajstić information content (AvgIpc) is 2.47. The summed E-state index contributed by atoms with van der Waals surface area (Å²) in [5, 5.41) is 36.8. The molecule has 0 atom stereocenters. The third kappa shape index (κ3) is 3.63. The van der Waals surface area contributed by atoms with Crippen molar-refractivity contribution >= 4 is 23.0 Å². The summed E-state index contributed by atoms with van der Waals surface area (Å²) in [6.07, 6.45) is -0.228. The number of phenols is 1. The number of phenolic OH excluding ortho intramolecular Hbond substituents is 1. The van der Waals surface area contributed by atoms with Gasteiger partial charge in [0.05, 0.1) is 11.3 Å². The number of hydrogen-bond donors (Lipinski definition) is 2. The number of nitrogens with zero attached hydrogens (tertiary/aromatic N) is 3. The molecular weight excluding hydrogens is 290 g/mol. The van der Waals surface area contributed by atoms with E-state index >= 15 is 0 Å². The van der Waals surface area contributed by atoms with Crippen molar-refractivity contribution < 1.29 is 19.9 Å². The molecule has 0 aliphatic carbocycles. The van der Waals surface area contributed by atoms with E-state index in [4.69, 9.17) is 5.11 Å². The molecule has 22 heavy (non-hydrogen) atoms. The summed E-state index contributed by atoms with van der Waals surface area (Å²) >= 11 is 0. The van der Waals surface area contributed by atoms with Gasteiger partial charge in [0.2, 0.25) is 0 Å². The summed E-state index contributed by atoms with van der Waals surface area (Å²) in [7, 11) is 0. The lowest BCUT2D eigenvalue weighted by Gasteiger charge is -2.01. The van der Waals surface area contributed by atoms with Gasteiger partial charge >= 0.3 is 5.97 Å². The maximum atomic E-state index is 10.9. The number of para-hydroxylation sites is 1. The summed E-state index contributed by atoms with van der Waals surface area (Å²) in [4.78, 5) is 20.9. The Morgan fingerprint density at radius 1 is 1.14 bits per heavy atom. The van der Waals surface area contributed by atoms with E-state index in [1.807, 2.05) is 0 Å². The number of nitro groups is 1. The van der Waals surface area contributed by atoms with Crippen LogP contribution in [-0.2, 0) is 11.2 Å². The van der Waals surface area contributed by atoms with E-state index in [1.165, 1.54) is 36.4 Å². The molecule has 0 fully saturated rings. The quantitative estimate of drug-likeness (QED) is 0.497. The highest BCUT2D eigenvalue weighted by Crippen LogP contribution is 2.32.